The Kier molecular flexibility index (Phi) is 4.17. The number of aliphatic carboxylic acids is 1. The SMILES string of the molecule is CC(NC(=O)c1cc(C=CC(=O)O)ccc1F)C1CC1. The third-order valence-corrected chi connectivity index (χ3v) is 3.34. The summed E-state index contributed by atoms with van der Waals surface area (Å²) in [5.41, 5.74) is 0.406. The molecule has 1 unspecified atom stereocenters. The Labute approximate surface area is 116 Å². The van der Waals surface area contributed by atoms with Crippen molar-refractivity contribution >= 4 is 18.0 Å². The van der Waals surface area contributed by atoms with Crippen molar-refractivity contribution in [1.82, 2.24) is 5.32 Å². The largest absolute Gasteiger partial charge is 0.478 e. The third kappa shape index (κ3) is 3.66. The van der Waals surface area contributed by atoms with Crippen molar-refractivity contribution in [3.05, 3.63) is 41.2 Å². The van der Waals surface area contributed by atoms with Crippen LogP contribution in [0.1, 0.15) is 35.7 Å². The summed E-state index contributed by atoms with van der Waals surface area (Å²) in [4.78, 5) is 22.5. The maximum absolute atomic E-state index is 13.7. The predicted molar refractivity (Wildman–Crippen MR) is 72.7 cm³/mol. The molecule has 0 bridgehead atoms. The van der Waals surface area contributed by atoms with Crippen LogP contribution in [0.15, 0.2) is 24.3 Å². The van der Waals surface area contributed by atoms with Gasteiger partial charge in [0, 0.05) is 12.1 Å². The number of carbonyl (C=O) groups excluding carboxylic acids is 1. The maximum atomic E-state index is 13.7. The molecule has 1 aliphatic carbocycles. The Hall–Kier alpha value is -2.17. The fourth-order valence-electron chi connectivity index (χ4n) is 1.99. The Morgan fingerprint density at radius 1 is 1.45 bits per heavy atom. The Balaban J connectivity index is 2.14. The van der Waals surface area contributed by atoms with Gasteiger partial charge in [0.25, 0.3) is 5.91 Å². The van der Waals surface area contributed by atoms with Crippen LogP contribution in [-0.2, 0) is 4.79 Å². The molecule has 0 aliphatic heterocycles. The summed E-state index contributed by atoms with van der Waals surface area (Å²) in [5.74, 6) is -1.69. The van der Waals surface area contributed by atoms with Gasteiger partial charge < -0.3 is 10.4 Å². The molecule has 1 fully saturated rings. The van der Waals surface area contributed by atoms with Gasteiger partial charge in [0.2, 0.25) is 0 Å². The highest BCUT2D eigenvalue weighted by Gasteiger charge is 2.29. The first kappa shape index (κ1) is 14.2. The fourth-order valence-corrected chi connectivity index (χ4v) is 1.99. The van der Waals surface area contributed by atoms with E-state index in [1.807, 2.05) is 6.92 Å². The second-order valence-electron chi connectivity index (χ2n) is 5.01. The molecule has 1 aromatic carbocycles. The second-order valence-corrected chi connectivity index (χ2v) is 5.01. The number of amides is 1. The van der Waals surface area contributed by atoms with Crippen LogP contribution >= 0.6 is 0 Å². The molecule has 1 aliphatic rings. The van der Waals surface area contributed by atoms with Crippen molar-refractivity contribution < 1.29 is 19.1 Å². The molecule has 1 atom stereocenters. The van der Waals surface area contributed by atoms with Gasteiger partial charge >= 0.3 is 5.97 Å². The zero-order valence-electron chi connectivity index (χ0n) is 11.1. The van der Waals surface area contributed by atoms with Gasteiger partial charge in [-0.25, -0.2) is 9.18 Å². The van der Waals surface area contributed by atoms with E-state index in [-0.39, 0.29) is 11.6 Å². The van der Waals surface area contributed by atoms with E-state index in [1.54, 1.807) is 0 Å². The zero-order chi connectivity index (χ0) is 14.7. The summed E-state index contributed by atoms with van der Waals surface area (Å²) in [5, 5.41) is 11.3. The molecule has 0 radical (unpaired) electrons. The Bertz CT molecular complexity index is 564. The number of halogens is 1. The molecule has 5 heteroatoms. The van der Waals surface area contributed by atoms with E-state index >= 15 is 0 Å². The van der Waals surface area contributed by atoms with E-state index < -0.39 is 17.7 Å². The van der Waals surface area contributed by atoms with Gasteiger partial charge in [0.15, 0.2) is 0 Å². The van der Waals surface area contributed by atoms with E-state index in [2.05, 4.69) is 5.32 Å². The van der Waals surface area contributed by atoms with Crippen molar-refractivity contribution in [2.45, 2.75) is 25.8 Å². The number of carboxylic acid groups (broad SMARTS) is 1. The number of carboxylic acids is 1. The fraction of sp³-hybridized carbons (Fsp3) is 0.333. The standard InChI is InChI=1S/C15H16FNO3/c1-9(11-4-5-11)17-15(20)12-8-10(2-6-13(12)16)3-7-14(18)19/h2-3,6-9,11H,4-5H2,1H3,(H,17,20)(H,18,19). The molecule has 2 rings (SSSR count). The van der Waals surface area contributed by atoms with Crippen LogP contribution in [-0.4, -0.2) is 23.0 Å². The molecule has 0 spiro atoms. The van der Waals surface area contributed by atoms with Crippen LogP contribution in [0.5, 0.6) is 0 Å². The lowest BCUT2D eigenvalue weighted by Crippen LogP contribution is -2.34. The second kappa shape index (κ2) is 5.86. The summed E-state index contributed by atoms with van der Waals surface area (Å²) in [6, 6.07) is 3.97. The number of nitrogens with one attached hydrogen (secondary N) is 1. The van der Waals surface area contributed by atoms with Crippen molar-refractivity contribution in [2.24, 2.45) is 5.92 Å². The lowest BCUT2D eigenvalue weighted by molar-refractivity contribution is -0.131. The number of benzene rings is 1. The molecule has 106 valence electrons. The van der Waals surface area contributed by atoms with Gasteiger partial charge in [-0.3, -0.25) is 4.79 Å². The molecule has 20 heavy (non-hydrogen) atoms. The van der Waals surface area contributed by atoms with Crippen LogP contribution in [0.4, 0.5) is 4.39 Å². The van der Waals surface area contributed by atoms with Crippen LogP contribution in [0, 0.1) is 11.7 Å². The van der Waals surface area contributed by atoms with Crippen molar-refractivity contribution in [1.29, 1.82) is 0 Å². The van der Waals surface area contributed by atoms with Crippen molar-refractivity contribution in [3.8, 4) is 0 Å². The lowest BCUT2D eigenvalue weighted by Gasteiger charge is -2.13. The average Bonchev–Trinajstić information content (AvgIpc) is 3.21. The Morgan fingerprint density at radius 3 is 2.75 bits per heavy atom. The van der Waals surface area contributed by atoms with Crippen molar-refractivity contribution in [3.63, 3.8) is 0 Å². The smallest absolute Gasteiger partial charge is 0.328 e. The molecule has 1 saturated carbocycles. The molecular weight excluding hydrogens is 261 g/mol. The number of hydrogen-bond donors (Lipinski definition) is 2. The van der Waals surface area contributed by atoms with E-state index in [0.717, 1.165) is 25.0 Å². The van der Waals surface area contributed by atoms with Gasteiger partial charge in [-0.2, -0.15) is 0 Å². The third-order valence-electron chi connectivity index (χ3n) is 3.34. The monoisotopic (exact) mass is 277 g/mol. The minimum absolute atomic E-state index is 0.0279. The van der Waals surface area contributed by atoms with Crippen LogP contribution < -0.4 is 5.32 Å². The molecule has 4 nitrogen and oxygen atoms in total. The summed E-state index contributed by atoms with van der Waals surface area (Å²) in [6.07, 6.45) is 4.45. The van der Waals surface area contributed by atoms with Crippen LogP contribution in [0.3, 0.4) is 0 Å². The van der Waals surface area contributed by atoms with Gasteiger partial charge in [-0.1, -0.05) is 6.07 Å². The van der Waals surface area contributed by atoms with Crippen LogP contribution in [0.25, 0.3) is 6.08 Å². The van der Waals surface area contributed by atoms with Gasteiger partial charge in [0.05, 0.1) is 5.56 Å². The summed E-state index contributed by atoms with van der Waals surface area (Å²) >= 11 is 0. The molecule has 1 amide bonds. The molecule has 2 N–H and O–H groups in total. The Morgan fingerprint density at radius 2 is 2.15 bits per heavy atom. The first-order chi connectivity index (χ1) is 9.47. The molecular formula is C15H16FNO3. The number of rotatable bonds is 5. The number of hydrogen-bond acceptors (Lipinski definition) is 2. The van der Waals surface area contributed by atoms with E-state index in [9.17, 15) is 14.0 Å². The minimum Gasteiger partial charge on any atom is -0.478 e. The molecule has 0 saturated heterocycles. The van der Waals surface area contributed by atoms with E-state index in [0.29, 0.717) is 11.5 Å². The molecule has 0 aromatic heterocycles. The predicted octanol–water partition coefficient (Wildman–Crippen LogP) is 2.45. The number of carbonyl (C=O) groups is 2. The quantitative estimate of drug-likeness (QED) is 0.812. The highest BCUT2D eigenvalue weighted by molar-refractivity contribution is 5.95. The van der Waals surface area contributed by atoms with E-state index in [1.165, 1.54) is 18.2 Å². The summed E-state index contributed by atoms with van der Waals surface area (Å²) < 4.78 is 13.7. The summed E-state index contributed by atoms with van der Waals surface area (Å²) in [6.45, 7) is 1.90. The lowest BCUT2D eigenvalue weighted by atomic mass is 10.1. The molecule has 0 heterocycles. The maximum Gasteiger partial charge on any atom is 0.328 e. The van der Waals surface area contributed by atoms with Gasteiger partial charge in [-0.05, 0) is 49.5 Å². The summed E-state index contributed by atoms with van der Waals surface area (Å²) in [7, 11) is 0. The highest BCUT2D eigenvalue weighted by Crippen LogP contribution is 2.32. The van der Waals surface area contributed by atoms with Crippen molar-refractivity contribution in [2.75, 3.05) is 0 Å². The zero-order valence-corrected chi connectivity index (χ0v) is 11.1. The topological polar surface area (TPSA) is 66.4 Å². The molecule has 1 aromatic rings. The van der Waals surface area contributed by atoms with Gasteiger partial charge in [-0.15, -0.1) is 0 Å². The van der Waals surface area contributed by atoms with Gasteiger partial charge in [0.1, 0.15) is 5.82 Å². The first-order valence-corrected chi connectivity index (χ1v) is 6.49. The van der Waals surface area contributed by atoms with Crippen LogP contribution in [0.2, 0.25) is 0 Å². The average molecular weight is 277 g/mol. The first-order valence-electron chi connectivity index (χ1n) is 6.49. The van der Waals surface area contributed by atoms with E-state index in [4.69, 9.17) is 5.11 Å². The highest BCUT2D eigenvalue weighted by atomic mass is 19.1. The normalized spacial score (nSPS) is 16.1. The minimum atomic E-state index is -1.09.